The van der Waals surface area contributed by atoms with Gasteiger partial charge in [0.25, 0.3) is 0 Å². The van der Waals surface area contributed by atoms with Crippen LogP contribution in [-0.4, -0.2) is 5.91 Å². The number of nitrogens with one attached hydrogen (secondary N) is 1. The molecule has 0 aliphatic carbocycles. The summed E-state index contributed by atoms with van der Waals surface area (Å²) in [5.41, 5.74) is 6.86. The summed E-state index contributed by atoms with van der Waals surface area (Å²) in [5.74, 6) is 4.62. The molecule has 4 nitrogen and oxygen atoms in total. The first-order valence-corrected chi connectivity index (χ1v) is 4.97. The number of alkyl halides is 3. The number of hydrogen-bond donors (Lipinski definition) is 3. The van der Waals surface area contributed by atoms with E-state index in [2.05, 4.69) is 5.43 Å². The van der Waals surface area contributed by atoms with Crippen LogP contribution < -0.4 is 17.0 Å². The molecule has 0 unspecified atom stereocenters. The lowest BCUT2D eigenvalue weighted by atomic mass is 10.1. The van der Waals surface area contributed by atoms with Crippen molar-refractivity contribution in [2.24, 2.45) is 11.6 Å². The summed E-state index contributed by atoms with van der Waals surface area (Å²) in [6.45, 7) is 0. The maximum atomic E-state index is 12.4. The number of primary amides is 1. The Bertz CT molecular complexity index is 469. The van der Waals surface area contributed by atoms with Crippen LogP contribution in [-0.2, 0) is 11.0 Å². The summed E-state index contributed by atoms with van der Waals surface area (Å²) in [4.78, 5) is 10.5. The van der Waals surface area contributed by atoms with E-state index in [9.17, 15) is 18.0 Å². The van der Waals surface area contributed by atoms with Gasteiger partial charge in [-0.25, -0.2) is 0 Å². The second kappa shape index (κ2) is 5.54. The topological polar surface area (TPSA) is 81.1 Å². The lowest BCUT2D eigenvalue weighted by Crippen LogP contribution is -2.11. The van der Waals surface area contributed by atoms with E-state index in [0.717, 1.165) is 12.1 Å². The van der Waals surface area contributed by atoms with Gasteiger partial charge < -0.3 is 11.2 Å². The number of hydrogen-bond acceptors (Lipinski definition) is 3. The molecule has 0 atom stereocenters. The Morgan fingerprint density at radius 1 is 1.39 bits per heavy atom. The van der Waals surface area contributed by atoms with E-state index in [1.165, 1.54) is 18.2 Å². The molecular formula is C11H12F3N3O. The van der Waals surface area contributed by atoms with Gasteiger partial charge >= 0.3 is 6.18 Å². The Morgan fingerprint density at radius 3 is 2.56 bits per heavy atom. The van der Waals surface area contributed by atoms with Gasteiger partial charge in [-0.1, -0.05) is 18.2 Å². The van der Waals surface area contributed by atoms with Crippen molar-refractivity contribution in [2.75, 3.05) is 5.43 Å². The smallest absolute Gasteiger partial charge is 0.369 e. The normalized spacial score (nSPS) is 11.8. The Kier molecular flexibility index (Phi) is 4.33. The van der Waals surface area contributed by atoms with E-state index >= 15 is 0 Å². The van der Waals surface area contributed by atoms with Crippen LogP contribution in [0, 0.1) is 0 Å². The number of benzene rings is 1. The number of halogens is 3. The molecule has 7 heteroatoms. The summed E-state index contributed by atoms with van der Waals surface area (Å²) in [6, 6.07) is 3.09. The van der Waals surface area contributed by atoms with E-state index in [-0.39, 0.29) is 12.1 Å². The van der Waals surface area contributed by atoms with E-state index < -0.39 is 17.6 Å². The second-order valence-electron chi connectivity index (χ2n) is 3.52. The summed E-state index contributed by atoms with van der Waals surface area (Å²) in [7, 11) is 0. The van der Waals surface area contributed by atoms with Crippen LogP contribution in [0.4, 0.5) is 18.9 Å². The van der Waals surface area contributed by atoms with Crippen molar-refractivity contribution >= 4 is 17.7 Å². The predicted octanol–water partition coefficient (Wildman–Crippen LogP) is 1.88. The van der Waals surface area contributed by atoms with E-state index in [1.807, 2.05) is 0 Å². The summed E-state index contributed by atoms with van der Waals surface area (Å²) < 4.78 is 37.3. The largest absolute Gasteiger partial charge is 0.416 e. The Labute approximate surface area is 101 Å². The molecule has 1 aromatic carbocycles. The average Bonchev–Trinajstić information content (AvgIpc) is 2.27. The number of nitrogens with two attached hydrogens (primary N) is 2. The standard InChI is InChI=1S/C11H12F3N3O/c12-11(13,14)8-5-4-7(9(6-8)17-16)2-1-3-10(15)18/h1-2,4-6,17H,3,16H2,(H2,15,18). The first kappa shape index (κ1) is 14.0. The summed E-state index contributed by atoms with van der Waals surface area (Å²) in [6.07, 6.45) is -1.50. The SMILES string of the molecule is NNc1cc(C(F)(F)F)ccc1C=CCC(N)=O. The van der Waals surface area contributed by atoms with Crippen LogP contribution in [0.1, 0.15) is 17.5 Å². The van der Waals surface area contributed by atoms with Gasteiger partial charge in [0.2, 0.25) is 5.91 Å². The third kappa shape index (κ3) is 3.77. The zero-order valence-electron chi connectivity index (χ0n) is 9.29. The number of rotatable bonds is 4. The van der Waals surface area contributed by atoms with Gasteiger partial charge in [0, 0.05) is 6.42 Å². The van der Waals surface area contributed by atoms with Crippen LogP contribution >= 0.6 is 0 Å². The van der Waals surface area contributed by atoms with Crippen molar-refractivity contribution < 1.29 is 18.0 Å². The molecule has 0 aliphatic rings. The molecule has 1 amide bonds. The monoisotopic (exact) mass is 259 g/mol. The van der Waals surface area contributed by atoms with Crippen molar-refractivity contribution in [3.63, 3.8) is 0 Å². The highest BCUT2D eigenvalue weighted by Gasteiger charge is 2.30. The van der Waals surface area contributed by atoms with Gasteiger partial charge in [-0.05, 0) is 17.7 Å². The fourth-order valence-corrected chi connectivity index (χ4v) is 1.30. The van der Waals surface area contributed by atoms with Crippen LogP contribution in [0.2, 0.25) is 0 Å². The minimum Gasteiger partial charge on any atom is -0.369 e. The van der Waals surface area contributed by atoms with Gasteiger partial charge in [0.05, 0.1) is 11.3 Å². The molecule has 98 valence electrons. The highest BCUT2D eigenvalue weighted by atomic mass is 19.4. The molecule has 0 aromatic heterocycles. The number of amides is 1. The fourth-order valence-electron chi connectivity index (χ4n) is 1.30. The lowest BCUT2D eigenvalue weighted by molar-refractivity contribution is -0.137. The number of carbonyl (C=O) groups is 1. The molecule has 18 heavy (non-hydrogen) atoms. The zero-order chi connectivity index (χ0) is 13.8. The maximum absolute atomic E-state index is 12.4. The number of hydrazine groups is 1. The van der Waals surface area contributed by atoms with Crippen LogP contribution in [0.15, 0.2) is 24.3 Å². The first-order valence-electron chi connectivity index (χ1n) is 4.97. The quantitative estimate of drug-likeness (QED) is 0.570. The zero-order valence-corrected chi connectivity index (χ0v) is 9.29. The van der Waals surface area contributed by atoms with Crippen LogP contribution in [0.25, 0.3) is 6.08 Å². The third-order valence-electron chi connectivity index (χ3n) is 2.15. The van der Waals surface area contributed by atoms with E-state index in [4.69, 9.17) is 11.6 Å². The highest BCUT2D eigenvalue weighted by molar-refractivity contribution is 5.77. The molecule has 0 heterocycles. The van der Waals surface area contributed by atoms with Gasteiger partial charge in [0.15, 0.2) is 0 Å². The molecule has 0 aliphatic heterocycles. The lowest BCUT2D eigenvalue weighted by Gasteiger charge is -2.11. The van der Waals surface area contributed by atoms with E-state index in [0.29, 0.717) is 5.56 Å². The number of anilines is 1. The second-order valence-corrected chi connectivity index (χ2v) is 3.52. The molecule has 1 rings (SSSR count). The molecule has 0 bridgehead atoms. The minimum atomic E-state index is -4.43. The van der Waals surface area contributed by atoms with Crippen molar-refractivity contribution in [3.05, 3.63) is 35.4 Å². The third-order valence-corrected chi connectivity index (χ3v) is 2.15. The van der Waals surface area contributed by atoms with E-state index in [1.54, 1.807) is 0 Å². The summed E-state index contributed by atoms with van der Waals surface area (Å²) >= 11 is 0. The van der Waals surface area contributed by atoms with Crippen molar-refractivity contribution in [3.8, 4) is 0 Å². The van der Waals surface area contributed by atoms with Gasteiger partial charge in [-0.3, -0.25) is 10.6 Å². The fraction of sp³-hybridized carbons (Fsp3) is 0.182. The van der Waals surface area contributed by atoms with Gasteiger partial charge in [-0.15, -0.1) is 0 Å². The maximum Gasteiger partial charge on any atom is 0.416 e. The Balaban J connectivity index is 3.01. The molecular weight excluding hydrogens is 247 g/mol. The first-order chi connectivity index (χ1) is 8.34. The average molecular weight is 259 g/mol. The molecule has 0 saturated heterocycles. The molecule has 0 saturated carbocycles. The predicted molar refractivity (Wildman–Crippen MR) is 62.1 cm³/mol. The number of nitrogen functional groups attached to an aromatic ring is 1. The highest BCUT2D eigenvalue weighted by Crippen LogP contribution is 2.32. The van der Waals surface area contributed by atoms with Crippen molar-refractivity contribution in [1.82, 2.24) is 0 Å². The molecule has 0 radical (unpaired) electrons. The Morgan fingerprint density at radius 2 is 2.06 bits per heavy atom. The molecule has 0 spiro atoms. The van der Waals surface area contributed by atoms with Gasteiger partial charge in [-0.2, -0.15) is 13.2 Å². The van der Waals surface area contributed by atoms with Gasteiger partial charge in [0.1, 0.15) is 0 Å². The minimum absolute atomic E-state index is 0.00499. The molecule has 5 N–H and O–H groups in total. The summed E-state index contributed by atoms with van der Waals surface area (Å²) in [5, 5.41) is 0. The van der Waals surface area contributed by atoms with Crippen LogP contribution in [0.5, 0.6) is 0 Å². The number of carbonyl (C=O) groups excluding carboxylic acids is 1. The van der Waals surface area contributed by atoms with Crippen LogP contribution in [0.3, 0.4) is 0 Å². The Hall–Kier alpha value is -2.02. The molecule has 1 aromatic rings. The van der Waals surface area contributed by atoms with Crippen molar-refractivity contribution in [2.45, 2.75) is 12.6 Å². The molecule has 0 fully saturated rings. The van der Waals surface area contributed by atoms with Crippen molar-refractivity contribution in [1.29, 1.82) is 0 Å².